The van der Waals surface area contributed by atoms with Gasteiger partial charge in [0.1, 0.15) is 5.82 Å². The van der Waals surface area contributed by atoms with Crippen molar-refractivity contribution in [3.63, 3.8) is 0 Å². The molecule has 0 radical (unpaired) electrons. The Hall–Kier alpha value is -0.410. The molecule has 1 aromatic rings. The van der Waals surface area contributed by atoms with Crippen LogP contribution in [0.1, 0.15) is 38.3 Å². The number of halogens is 2. The largest absolute Gasteiger partial charge is 0.307 e. The van der Waals surface area contributed by atoms with Crippen molar-refractivity contribution in [2.24, 2.45) is 5.92 Å². The van der Waals surface area contributed by atoms with Crippen LogP contribution in [0.25, 0.3) is 0 Å². The monoisotopic (exact) mass is 285 g/mol. The number of hydrogen-bond acceptors (Lipinski definition) is 1. The summed E-state index contributed by atoms with van der Waals surface area (Å²) in [6.45, 7) is 4.27. The second-order valence-electron chi connectivity index (χ2n) is 4.83. The SMILES string of the molecule is CC1CC(NC(C)c2cc(Br)ccc2F)C1. The van der Waals surface area contributed by atoms with E-state index < -0.39 is 0 Å². The van der Waals surface area contributed by atoms with Crippen molar-refractivity contribution in [2.45, 2.75) is 38.8 Å². The molecule has 3 heteroatoms. The second kappa shape index (κ2) is 4.84. The van der Waals surface area contributed by atoms with Crippen molar-refractivity contribution < 1.29 is 4.39 Å². The molecule has 0 spiro atoms. The van der Waals surface area contributed by atoms with Crippen molar-refractivity contribution in [1.82, 2.24) is 5.32 Å². The lowest BCUT2D eigenvalue weighted by Crippen LogP contribution is -2.41. The zero-order valence-electron chi connectivity index (χ0n) is 9.63. The second-order valence-corrected chi connectivity index (χ2v) is 5.74. The van der Waals surface area contributed by atoms with Crippen LogP contribution in [0.15, 0.2) is 22.7 Å². The van der Waals surface area contributed by atoms with Crippen molar-refractivity contribution in [1.29, 1.82) is 0 Å². The molecule has 0 bridgehead atoms. The topological polar surface area (TPSA) is 12.0 Å². The van der Waals surface area contributed by atoms with Crippen LogP contribution in [-0.4, -0.2) is 6.04 Å². The fourth-order valence-corrected chi connectivity index (χ4v) is 2.71. The quantitative estimate of drug-likeness (QED) is 0.884. The van der Waals surface area contributed by atoms with E-state index in [4.69, 9.17) is 0 Å². The maximum Gasteiger partial charge on any atom is 0.128 e. The normalized spacial score (nSPS) is 26.2. The molecular formula is C13H17BrFN. The zero-order chi connectivity index (χ0) is 11.7. The molecule has 1 unspecified atom stereocenters. The number of benzene rings is 1. The Morgan fingerprint density at radius 1 is 1.44 bits per heavy atom. The minimum atomic E-state index is -0.129. The third-order valence-electron chi connectivity index (χ3n) is 3.28. The Morgan fingerprint density at radius 2 is 2.12 bits per heavy atom. The molecule has 88 valence electrons. The third-order valence-corrected chi connectivity index (χ3v) is 3.78. The lowest BCUT2D eigenvalue weighted by atomic mass is 9.81. The molecule has 0 saturated heterocycles. The summed E-state index contributed by atoms with van der Waals surface area (Å²) in [6, 6.07) is 5.74. The van der Waals surface area contributed by atoms with Gasteiger partial charge in [0.2, 0.25) is 0 Å². The lowest BCUT2D eigenvalue weighted by Gasteiger charge is -2.35. The van der Waals surface area contributed by atoms with Crippen LogP contribution < -0.4 is 5.32 Å². The smallest absolute Gasteiger partial charge is 0.128 e. The van der Waals surface area contributed by atoms with Gasteiger partial charge in [0.05, 0.1) is 0 Å². The highest BCUT2D eigenvalue weighted by Gasteiger charge is 2.27. The van der Waals surface area contributed by atoms with Crippen molar-refractivity contribution in [3.05, 3.63) is 34.1 Å². The van der Waals surface area contributed by atoms with Gasteiger partial charge >= 0.3 is 0 Å². The van der Waals surface area contributed by atoms with Crippen LogP contribution in [0.5, 0.6) is 0 Å². The highest BCUT2D eigenvalue weighted by molar-refractivity contribution is 9.10. The summed E-state index contributed by atoms with van der Waals surface area (Å²) in [4.78, 5) is 0. The Balaban J connectivity index is 2.02. The molecule has 0 amide bonds. The van der Waals surface area contributed by atoms with Gasteiger partial charge in [0.25, 0.3) is 0 Å². The number of rotatable bonds is 3. The summed E-state index contributed by atoms with van der Waals surface area (Å²) in [5.41, 5.74) is 0.744. The van der Waals surface area contributed by atoms with E-state index in [2.05, 4.69) is 28.2 Å². The van der Waals surface area contributed by atoms with Crippen molar-refractivity contribution in [3.8, 4) is 0 Å². The Bertz CT molecular complexity index is 374. The predicted molar refractivity (Wildman–Crippen MR) is 67.8 cm³/mol. The van der Waals surface area contributed by atoms with E-state index in [-0.39, 0.29) is 11.9 Å². The molecule has 1 aliphatic rings. The Morgan fingerprint density at radius 3 is 2.75 bits per heavy atom. The van der Waals surface area contributed by atoms with Gasteiger partial charge in [0.15, 0.2) is 0 Å². The maximum absolute atomic E-state index is 13.6. The summed E-state index contributed by atoms with van der Waals surface area (Å²) in [5.74, 6) is 0.688. The summed E-state index contributed by atoms with van der Waals surface area (Å²) in [7, 11) is 0. The summed E-state index contributed by atoms with van der Waals surface area (Å²) >= 11 is 3.38. The fourth-order valence-electron chi connectivity index (χ4n) is 2.33. The van der Waals surface area contributed by atoms with Crippen molar-refractivity contribution in [2.75, 3.05) is 0 Å². The molecule has 2 rings (SSSR count). The van der Waals surface area contributed by atoms with Gasteiger partial charge in [-0.25, -0.2) is 4.39 Å². The molecule has 1 fully saturated rings. The van der Waals surface area contributed by atoms with Gasteiger partial charge in [-0.15, -0.1) is 0 Å². The fraction of sp³-hybridized carbons (Fsp3) is 0.538. The van der Waals surface area contributed by atoms with E-state index >= 15 is 0 Å². The summed E-state index contributed by atoms with van der Waals surface area (Å²) < 4.78 is 14.5. The maximum atomic E-state index is 13.6. The van der Waals surface area contributed by atoms with E-state index in [1.807, 2.05) is 13.0 Å². The molecule has 1 N–H and O–H groups in total. The molecule has 1 atom stereocenters. The Kier molecular flexibility index (Phi) is 3.65. The van der Waals surface area contributed by atoms with Crippen LogP contribution in [0.3, 0.4) is 0 Å². The van der Waals surface area contributed by atoms with Crippen molar-refractivity contribution >= 4 is 15.9 Å². The minimum absolute atomic E-state index is 0.0787. The first-order valence-electron chi connectivity index (χ1n) is 5.77. The highest BCUT2D eigenvalue weighted by Crippen LogP contribution is 2.29. The van der Waals surface area contributed by atoms with Crippen LogP contribution in [-0.2, 0) is 0 Å². The van der Waals surface area contributed by atoms with Gasteiger partial charge in [-0.1, -0.05) is 22.9 Å². The number of nitrogens with one attached hydrogen (secondary N) is 1. The van der Waals surface area contributed by atoms with Crippen LogP contribution >= 0.6 is 15.9 Å². The van der Waals surface area contributed by atoms with Gasteiger partial charge in [-0.2, -0.15) is 0 Å². The van der Waals surface area contributed by atoms with Gasteiger partial charge in [-0.05, 0) is 43.9 Å². The van der Waals surface area contributed by atoms with Crippen LogP contribution in [0.4, 0.5) is 4.39 Å². The van der Waals surface area contributed by atoms with Gasteiger partial charge in [-0.3, -0.25) is 0 Å². The summed E-state index contributed by atoms with van der Waals surface area (Å²) in [6.07, 6.45) is 2.42. The molecule has 1 nitrogen and oxygen atoms in total. The van der Waals surface area contributed by atoms with Gasteiger partial charge in [0, 0.05) is 22.1 Å². The van der Waals surface area contributed by atoms with Crippen LogP contribution in [0.2, 0.25) is 0 Å². The molecule has 16 heavy (non-hydrogen) atoms. The first kappa shape index (κ1) is 12.1. The first-order valence-corrected chi connectivity index (χ1v) is 6.56. The average molecular weight is 286 g/mol. The molecule has 1 aromatic carbocycles. The van der Waals surface area contributed by atoms with Crippen LogP contribution in [0, 0.1) is 11.7 Å². The molecular weight excluding hydrogens is 269 g/mol. The predicted octanol–water partition coefficient (Wildman–Crippen LogP) is 4.04. The zero-order valence-corrected chi connectivity index (χ0v) is 11.2. The van der Waals surface area contributed by atoms with E-state index in [0.717, 1.165) is 16.0 Å². The Labute approximate surface area is 105 Å². The molecule has 0 aliphatic heterocycles. The lowest BCUT2D eigenvalue weighted by molar-refractivity contribution is 0.225. The average Bonchev–Trinajstić information content (AvgIpc) is 2.19. The molecule has 1 saturated carbocycles. The van der Waals surface area contributed by atoms with E-state index in [1.165, 1.54) is 18.9 Å². The number of hydrogen-bond donors (Lipinski definition) is 1. The molecule has 0 heterocycles. The molecule has 0 aromatic heterocycles. The standard InChI is InChI=1S/C13H17BrFN/c1-8-5-11(6-8)16-9(2)12-7-10(14)3-4-13(12)15/h3-4,7-9,11,16H,5-6H2,1-2H3. The highest BCUT2D eigenvalue weighted by atomic mass is 79.9. The van der Waals surface area contributed by atoms with Gasteiger partial charge < -0.3 is 5.32 Å². The molecule has 1 aliphatic carbocycles. The minimum Gasteiger partial charge on any atom is -0.307 e. The van der Waals surface area contributed by atoms with E-state index in [1.54, 1.807) is 6.07 Å². The van der Waals surface area contributed by atoms with E-state index in [0.29, 0.717) is 6.04 Å². The summed E-state index contributed by atoms with van der Waals surface area (Å²) in [5, 5.41) is 3.47. The van der Waals surface area contributed by atoms with E-state index in [9.17, 15) is 4.39 Å². The first-order chi connectivity index (χ1) is 7.56. The third kappa shape index (κ3) is 2.64.